The summed E-state index contributed by atoms with van der Waals surface area (Å²) in [5, 5.41) is 5.45. The minimum atomic E-state index is -0.205. The Kier molecular flexibility index (Phi) is 4.56. The first-order valence-electron chi connectivity index (χ1n) is 5.47. The predicted molar refractivity (Wildman–Crippen MR) is 62.1 cm³/mol. The molecule has 92 valence electrons. The number of nitrogens with two attached hydrogens (primary N) is 1. The van der Waals surface area contributed by atoms with Gasteiger partial charge in [0.1, 0.15) is 0 Å². The number of nitrogens with one attached hydrogen (secondary N) is 2. The minimum Gasteiger partial charge on any atom is -0.355 e. The van der Waals surface area contributed by atoms with Crippen LogP contribution in [0.4, 0.5) is 0 Å². The van der Waals surface area contributed by atoms with Gasteiger partial charge in [-0.2, -0.15) is 0 Å². The van der Waals surface area contributed by atoms with E-state index < -0.39 is 0 Å². The van der Waals surface area contributed by atoms with E-state index in [4.69, 9.17) is 5.73 Å². The molecule has 5 nitrogen and oxygen atoms in total. The molecule has 1 saturated carbocycles. The van der Waals surface area contributed by atoms with Gasteiger partial charge >= 0.3 is 0 Å². The average molecular weight is 248 g/mol. The zero-order valence-electron chi connectivity index (χ0n) is 9.07. The summed E-state index contributed by atoms with van der Waals surface area (Å²) in [7, 11) is 0. The third-order valence-corrected chi connectivity index (χ3v) is 3.09. The van der Waals surface area contributed by atoms with Crippen molar-refractivity contribution in [3.05, 3.63) is 0 Å². The molecule has 4 N–H and O–H groups in total. The van der Waals surface area contributed by atoms with Gasteiger partial charge in [-0.05, 0) is 18.8 Å². The van der Waals surface area contributed by atoms with Crippen molar-refractivity contribution in [2.24, 2.45) is 17.6 Å². The Hall–Kier alpha value is -0.810. The summed E-state index contributed by atoms with van der Waals surface area (Å²) in [6, 6.07) is 0.0824. The molecule has 1 heterocycles. The van der Waals surface area contributed by atoms with E-state index in [0.717, 1.165) is 0 Å². The van der Waals surface area contributed by atoms with E-state index in [2.05, 4.69) is 10.6 Å². The molecule has 2 atom stereocenters. The summed E-state index contributed by atoms with van der Waals surface area (Å²) in [4.78, 5) is 22.5. The quantitative estimate of drug-likeness (QED) is 0.620. The second-order valence-corrected chi connectivity index (χ2v) is 4.45. The predicted octanol–water partition coefficient (Wildman–Crippen LogP) is -0.602. The number of halogens is 1. The van der Waals surface area contributed by atoms with Crippen molar-refractivity contribution in [2.75, 3.05) is 13.1 Å². The monoisotopic (exact) mass is 247 g/mol. The molecule has 2 aliphatic rings. The van der Waals surface area contributed by atoms with Gasteiger partial charge in [0, 0.05) is 25.6 Å². The lowest BCUT2D eigenvalue weighted by Gasteiger charge is -2.13. The van der Waals surface area contributed by atoms with Crippen LogP contribution in [0.3, 0.4) is 0 Å². The van der Waals surface area contributed by atoms with Crippen LogP contribution in [0.5, 0.6) is 0 Å². The highest BCUT2D eigenvalue weighted by molar-refractivity contribution is 5.89. The fourth-order valence-electron chi connectivity index (χ4n) is 1.84. The standard InChI is InChI=1S/C10H17N3O2.ClH/c11-8(6-1-2-6)5-13-10(15)7-3-9(14)12-4-7;/h6-8H,1-5,11H2,(H,12,14)(H,13,15);1H. The summed E-state index contributed by atoms with van der Waals surface area (Å²) < 4.78 is 0. The first kappa shape index (κ1) is 13.3. The van der Waals surface area contributed by atoms with Gasteiger partial charge in [-0.25, -0.2) is 0 Å². The molecule has 0 bridgehead atoms. The Morgan fingerprint density at radius 1 is 1.56 bits per heavy atom. The van der Waals surface area contributed by atoms with Crippen LogP contribution in [0.15, 0.2) is 0 Å². The van der Waals surface area contributed by atoms with Crippen molar-refractivity contribution in [1.82, 2.24) is 10.6 Å². The Labute approximate surface area is 101 Å². The van der Waals surface area contributed by atoms with E-state index in [0.29, 0.717) is 25.4 Å². The SMILES string of the molecule is Cl.NC(CNC(=O)C1CNC(=O)C1)C1CC1. The molecule has 1 aliphatic carbocycles. The Balaban J connectivity index is 0.00000128. The van der Waals surface area contributed by atoms with Gasteiger partial charge in [-0.15, -0.1) is 12.4 Å². The van der Waals surface area contributed by atoms with Gasteiger partial charge in [0.05, 0.1) is 5.92 Å². The third-order valence-electron chi connectivity index (χ3n) is 3.09. The normalized spacial score (nSPS) is 25.6. The summed E-state index contributed by atoms with van der Waals surface area (Å²) in [5.41, 5.74) is 5.86. The number of rotatable bonds is 4. The molecule has 1 saturated heterocycles. The molecule has 6 heteroatoms. The van der Waals surface area contributed by atoms with Crippen LogP contribution in [0, 0.1) is 11.8 Å². The van der Waals surface area contributed by atoms with Crippen molar-refractivity contribution >= 4 is 24.2 Å². The molecule has 1 aliphatic heterocycles. The maximum Gasteiger partial charge on any atom is 0.225 e. The molecule has 16 heavy (non-hydrogen) atoms. The first-order valence-corrected chi connectivity index (χ1v) is 5.47. The fraction of sp³-hybridized carbons (Fsp3) is 0.800. The van der Waals surface area contributed by atoms with Gasteiger partial charge in [0.15, 0.2) is 0 Å². The van der Waals surface area contributed by atoms with Crippen LogP contribution in [0.1, 0.15) is 19.3 Å². The third kappa shape index (κ3) is 3.35. The lowest BCUT2D eigenvalue weighted by molar-refractivity contribution is -0.126. The Morgan fingerprint density at radius 2 is 2.25 bits per heavy atom. The maximum absolute atomic E-state index is 11.6. The lowest BCUT2D eigenvalue weighted by atomic mass is 10.1. The second-order valence-electron chi connectivity index (χ2n) is 4.45. The number of carbonyl (C=O) groups excluding carboxylic acids is 2. The molecule has 0 aromatic rings. The van der Waals surface area contributed by atoms with Gasteiger partial charge in [-0.1, -0.05) is 0 Å². The van der Waals surface area contributed by atoms with Crippen LogP contribution < -0.4 is 16.4 Å². The number of hydrogen-bond acceptors (Lipinski definition) is 3. The van der Waals surface area contributed by atoms with Crippen molar-refractivity contribution in [3.63, 3.8) is 0 Å². The smallest absolute Gasteiger partial charge is 0.225 e. The maximum atomic E-state index is 11.6. The van der Waals surface area contributed by atoms with Crippen molar-refractivity contribution in [3.8, 4) is 0 Å². The molecule has 2 rings (SSSR count). The van der Waals surface area contributed by atoms with Crippen LogP contribution in [0.2, 0.25) is 0 Å². The number of amides is 2. The van der Waals surface area contributed by atoms with Crippen LogP contribution in [-0.4, -0.2) is 30.9 Å². The average Bonchev–Trinajstić information content (AvgIpc) is 2.97. The van der Waals surface area contributed by atoms with Gasteiger partial charge in [-0.3, -0.25) is 9.59 Å². The van der Waals surface area contributed by atoms with E-state index in [1.54, 1.807) is 0 Å². The molecular weight excluding hydrogens is 230 g/mol. The summed E-state index contributed by atoms with van der Waals surface area (Å²) in [6.07, 6.45) is 2.67. The van der Waals surface area contributed by atoms with E-state index in [-0.39, 0.29) is 36.2 Å². The molecule has 2 amide bonds. The lowest BCUT2D eigenvalue weighted by Crippen LogP contribution is -2.41. The van der Waals surface area contributed by atoms with Crippen LogP contribution in [-0.2, 0) is 9.59 Å². The Bertz CT molecular complexity index is 281. The highest BCUT2D eigenvalue weighted by Crippen LogP contribution is 2.31. The highest BCUT2D eigenvalue weighted by atomic mass is 35.5. The second kappa shape index (κ2) is 5.50. The van der Waals surface area contributed by atoms with Gasteiger partial charge < -0.3 is 16.4 Å². The topological polar surface area (TPSA) is 84.2 Å². The zero-order valence-corrected chi connectivity index (χ0v) is 9.89. The Morgan fingerprint density at radius 3 is 2.75 bits per heavy atom. The van der Waals surface area contributed by atoms with Gasteiger partial charge in [0.2, 0.25) is 11.8 Å². The molecule has 2 fully saturated rings. The molecular formula is C10H18ClN3O2. The molecule has 0 radical (unpaired) electrons. The highest BCUT2D eigenvalue weighted by Gasteiger charge is 2.31. The molecule has 0 aromatic heterocycles. The summed E-state index contributed by atoms with van der Waals surface area (Å²) >= 11 is 0. The first-order chi connectivity index (χ1) is 7.16. The minimum absolute atomic E-state index is 0. The van der Waals surface area contributed by atoms with Crippen LogP contribution in [0.25, 0.3) is 0 Å². The zero-order chi connectivity index (χ0) is 10.8. The van der Waals surface area contributed by atoms with Crippen molar-refractivity contribution in [2.45, 2.75) is 25.3 Å². The van der Waals surface area contributed by atoms with Crippen LogP contribution >= 0.6 is 12.4 Å². The molecule has 0 spiro atoms. The van der Waals surface area contributed by atoms with E-state index in [1.165, 1.54) is 12.8 Å². The van der Waals surface area contributed by atoms with E-state index in [9.17, 15) is 9.59 Å². The van der Waals surface area contributed by atoms with Gasteiger partial charge in [0.25, 0.3) is 0 Å². The van der Waals surface area contributed by atoms with E-state index in [1.807, 2.05) is 0 Å². The molecule has 0 aromatic carbocycles. The van der Waals surface area contributed by atoms with Crippen molar-refractivity contribution < 1.29 is 9.59 Å². The number of hydrogen-bond donors (Lipinski definition) is 3. The summed E-state index contributed by atoms with van der Waals surface area (Å²) in [6.45, 7) is 0.998. The van der Waals surface area contributed by atoms with E-state index >= 15 is 0 Å². The fourth-order valence-corrected chi connectivity index (χ4v) is 1.84. The summed E-state index contributed by atoms with van der Waals surface area (Å²) in [5.74, 6) is 0.295. The molecule has 2 unspecified atom stereocenters. The largest absolute Gasteiger partial charge is 0.355 e. The van der Waals surface area contributed by atoms with Crippen molar-refractivity contribution in [1.29, 1.82) is 0 Å². The number of carbonyl (C=O) groups is 2.